The quantitative estimate of drug-likeness (QED) is 0.781. The Balaban J connectivity index is 1.82. The summed E-state index contributed by atoms with van der Waals surface area (Å²) in [4.78, 5) is 2.28. The van der Waals surface area contributed by atoms with Gasteiger partial charge in [-0.25, -0.2) is 13.6 Å². The van der Waals surface area contributed by atoms with Gasteiger partial charge in [-0.15, -0.1) is 0 Å². The van der Waals surface area contributed by atoms with E-state index in [0.717, 1.165) is 25.9 Å². The van der Waals surface area contributed by atoms with Crippen molar-refractivity contribution in [3.05, 3.63) is 24.3 Å². The van der Waals surface area contributed by atoms with E-state index in [0.29, 0.717) is 12.4 Å². The number of hydrogen-bond donors (Lipinski definition) is 2. The Kier molecular flexibility index (Phi) is 4.98. The molecule has 6 nitrogen and oxygen atoms in total. The first-order chi connectivity index (χ1) is 9.50. The predicted molar refractivity (Wildman–Crippen MR) is 75.0 cm³/mol. The molecule has 1 heterocycles. The second kappa shape index (κ2) is 6.53. The molecule has 0 bridgehead atoms. The van der Waals surface area contributed by atoms with E-state index in [1.54, 1.807) is 12.1 Å². The third kappa shape index (κ3) is 3.92. The normalized spacial score (nSPS) is 20.2. The van der Waals surface area contributed by atoms with Crippen molar-refractivity contribution in [3.8, 4) is 5.75 Å². The van der Waals surface area contributed by atoms with Crippen molar-refractivity contribution in [2.45, 2.75) is 23.8 Å². The van der Waals surface area contributed by atoms with Crippen molar-refractivity contribution in [3.63, 3.8) is 0 Å². The number of ether oxygens (including phenoxy) is 1. The molecule has 0 aliphatic carbocycles. The first kappa shape index (κ1) is 15.2. The smallest absolute Gasteiger partial charge is 0.238 e. The number of nitrogens with zero attached hydrogens (tertiary/aromatic N) is 1. The van der Waals surface area contributed by atoms with Gasteiger partial charge in [0.15, 0.2) is 0 Å². The van der Waals surface area contributed by atoms with E-state index in [2.05, 4.69) is 4.90 Å². The number of primary sulfonamides is 1. The number of hydrogen-bond acceptors (Lipinski definition) is 5. The fraction of sp³-hybridized carbons (Fsp3) is 0.538. The minimum atomic E-state index is -3.66. The highest BCUT2D eigenvalue weighted by Crippen LogP contribution is 2.17. The topological polar surface area (TPSA) is 92.9 Å². The van der Waals surface area contributed by atoms with Gasteiger partial charge in [0.25, 0.3) is 0 Å². The van der Waals surface area contributed by atoms with E-state index in [9.17, 15) is 13.5 Å². The summed E-state index contributed by atoms with van der Waals surface area (Å²) >= 11 is 0. The van der Waals surface area contributed by atoms with Gasteiger partial charge in [-0.1, -0.05) is 0 Å². The average molecular weight is 300 g/mol. The third-order valence-electron chi connectivity index (χ3n) is 3.51. The van der Waals surface area contributed by atoms with E-state index >= 15 is 0 Å². The number of aliphatic hydroxyl groups is 1. The molecule has 20 heavy (non-hydrogen) atoms. The van der Waals surface area contributed by atoms with Gasteiger partial charge in [-0.2, -0.15) is 0 Å². The molecule has 0 aromatic heterocycles. The summed E-state index contributed by atoms with van der Waals surface area (Å²) in [5.74, 6) is 0.608. The number of nitrogens with two attached hydrogens (primary N) is 1. The van der Waals surface area contributed by atoms with E-state index < -0.39 is 10.0 Å². The minimum absolute atomic E-state index is 0.0738. The van der Waals surface area contributed by atoms with Gasteiger partial charge in [0.2, 0.25) is 10.0 Å². The van der Waals surface area contributed by atoms with Crippen LogP contribution in [-0.2, 0) is 10.0 Å². The lowest BCUT2D eigenvalue weighted by molar-refractivity contribution is 0.139. The fourth-order valence-electron chi connectivity index (χ4n) is 2.40. The highest BCUT2D eigenvalue weighted by molar-refractivity contribution is 7.89. The maximum atomic E-state index is 11.1. The molecule has 1 saturated heterocycles. The monoisotopic (exact) mass is 300 g/mol. The van der Waals surface area contributed by atoms with Gasteiger partial charge in [0, 0.05) is 12.6 Å². The molecule has 0 radical (unpaired) electrons. The Bertz CT molecular complexity index is 530. The number of rotatable bonds is 6. The van der Waals surface area contributed by atoms with Crippen molar-refractivity contribution >= 4 is 10.0 Å². The maximum Gasteiger partial charge on any atom is 0.238 e. The molecule has 1 atom stereocenters. The van der Waals surface area contributed by atoms with Crippen LogP contribution in [0.5, 0.6) is 5.75 Å². The molecule has 1 aromatic rings. The number of benzene rings is 1. The summed E-state index contributed by atoms with van der Waals surface area (Å²) in [6.45, 7) is 2.43. The van der Waals surface area contributed by atoms with Crippen LogP contribution < -0.4 is 9.88 Å². The van der Waals surface area contributed by atoms with E-state index in [1.165, 1.54) is 12.1 Å². The fourth-order valence-corrected chi connectivity index (χ4v) is 2.92. The second-order valence-electron chi connectivity index (χ2n) is 4.88. The Morgan fingerprint density at radius 2 is 2.05 bits per heavy atom. The molecule has 1 unspecified atom stereocenters. The van der Waals surface area contributed by atoms with Crippen molar-refractivity contribution < 1.29 is 18.3 Å². The largest absolute Gasteiger partial charge is 0.492 e. The lowest BCUT2D eigenvalue weighted by Crippen LogP contribution is -2.35. The number of sulfonamides is 1. The van der Waals surface area contributed by atoms with Crippen molar-refractivity contribution in [2.24, 2.45) is 5.14 Å². The standard InChI is InChI=1S/C13H20N2O4S/c14-20(17,18)13-5-3-12(4-6-13)19-9-8-15-7-1-2-11(15)10-16/h3-6,11,16H,1-2,7-10H2,(H2,14,17,18). The zero-order chi connectivity index (χ0) is 14.6. The van der Waals surface area contributed by atoms with Gasteiger partial charge in [0.1, 0.15) is 12.4 Å². The lowest BCUT2D eigenvalue weighted by atomic mass is 10.2. The van der Waals surface area contributed by atoms with Crippen molar-refractivity contribution in [1.82, 2.24) is 4.90 Å². The molecule has 7 heteroatoms. The Morgan fingerprint density at radius 1 is 1.35 bits per heavy atom. The molecule has 1 fully saturated rings. The molecule has 1 aliphatic rings. The molecule has 1 aromatic carbocycles. The molecule has 0 saturated carbocycles. The second-order valence-corrected chi connectivity index (χ2v) is 6.44. The van der Waals surface area contributed by atoms with E-state index in [1.807, 2.05) is 0 Å². The summed E-state index contributed by atoms with van der Waals surface area (Å²) in [6.07, 6.45) is 2.13. The Morgan fingerprint density at radius 3 is 2.65 bits per heavy atom. The average Bonchev–Trinajstić information content (AvgIpc) is 2.86. The van der Waals surface area contributed by atoms with Gasteiger partial charge in [0.05, 0.1) is 11.5 Å². The molecule has 2 rings (SSSR count). The zero-order valence-electron chi connectivity index (χ0n) is 11.2. The van der Waals surface area contributed by atoms with Crippen molar-refractivity contribution in [1.29, 1.82) is 0 Å². The first-order valence-corrected chi connectivity index (χ1v) is 8.16. The maximum absolute atomic E-state index is 11.1. The highest BCUT2D eigenvalue weighted by Gasteiger charge is 2.23. The van der Waals surface area contributed by atoms with Gasteiger partial charge < -0.3 is 9.84 Å². The van der Waals surface area contributed by atoms with Crippen LogP contribution in [0.1, 0.15) is 12.8 Å². The SMILES string of the molecule is NS(=O)(=O)c1ccc(OCCN2CCCC2CO)cc1. The summed E-state index contributed by atoms with van der Waals surface area (Å²) in [5.41, 5.74) is 0. The summed E-state index contributed by atoms with van der Waals surface area (Å²) in [7, 11) is -3.66. The molecule has 0 amide bonds. The van der Waals surface area contributed by atoms with Crippen LogP contribution in [0, 0.1) is 0 Å². The van der Waals surface area contributed by atoms with Gasteiger partial charge >= 0.3 is 0 Å². The van der Waals surface area contributed by atoms with Crippen LogP contribution in [-0.4, -0.2) is 50.8 Å². The van der Waals surface area contributed by atoms with Gasteiger partial charge in [-0.05, 0) is 43.7 Å². The van der Waals surface area contributed by atoms with Crippen LogP contribution in [0.3, 0.4) is 0 Å². The minimum Gasteiger partial charge on any atom is -0.492 e. The van der Waals surface area contributed by atoms with E-state index in [4.69, 9.17) is 9.88 Å². The zero-order valence-corrected chi connectivity index (χ0v) is 12.1. The van der Waals surface area contributed by atoms with Crippen LogP contribution in [0.4, 0.5) is 0 Å². The van der Waals surface area contributed by atoms with E-state index in [-0.39, 0.29) is 17.5 Å². The predicted octanol–water partition coefficient (Wildman–Crippen LogP) is 0.170. The Labute approximate surface area is 119 Å². The Hall–Kier alpha value is -1.15. The van der Waals surface area contributed by atoms with Crippen LogP contribution in [0.15, 0.2) is 29.2 Å². The van der Waals surface area contributed by atoms with Crippen LogP contribution in [0.2, 0.25) is 0 Å². The lowest BCUT2D eigenvalue weighted by Gasteiger charge is -2.22. The van der Waals surface area contributed by atoms with Crippen LogP contribution >= 0.6 is 0 Å². The highest BCUT2D eigenvalue weighted by atomic mass is 32.2. The summed E-state index contributed by atoms with van der Waals surface area (Å²) in [6, 6.07) is 6.28. The molecule has 112 valence electrons. The number of aliphatic hydroxyl groups excluding tert-OH is 1. The van der Waals surface area contributed by atoms with Crippen molar-refractivity contribution in [2.75, 3.05) is 26.3 Å². The summed E-state index contributed by atoms with van der Waals surface area (Å²) in [5, 5.41) is 14.2. The van der Waals surface area contributed by atoms with Crippen LogP contribution in [0.25, 0.3) is 0 Å². The molecular formula is C13H20N2O4S. The summed E-state index contributed by atoms with van der Waals surface area (Å²) < 4.78 is 27.8. The molecule has 0 spiro atoms. The van der Waals surface area contributed by atoms with Gasteiger partial charge in [-0.3, -0.25) is 4.90 Å². The third-order valence-corrected chi connectivity index (χ3v) is 4.44. The molecular weight excluding hydrogens is 280 g/mol. The molecule has 3 N–H and O–H groups in total. The first-order valence-electron chi connectivity index (χ1n) is 6.61. The molecule has 1 aliphatic heterocycles. The number of likely N-dealkylation sites (tertiary alicyclic amines) is 1.